The van der Waals surface area contributed by atoms with Crippen LogP contribution in [0.15, 0.2) is 109 Å². The topological polar surface area (TPSA) is 12.5 Å². The van der Waals surface area contributed by atoms with Gasteiger partial charge in [-0.15, -0.1) is 0 Å². The Morgan fingerprint density at radius 3 is 1.91 bits per heavy atom. The summed E-state index contributed by atoms with van der Waals surface area (Å²) in [7, 11) is 0. The normalized spacial score (nSPS) is 13.6. The number of para-hydroxylation sites is 1. The minimum Gasteiger partial charge on any atom is -0.458 e. The molecule has 2 nitrogen and oxygen atoms in total. The second-order valence-electron chi connectivity index (χ2n) is 8.92. The van der Waals surface area contributed by atoms with Crippen molar-refractivity contribution < 1.29 is 4.74 Å². The van der Waals surface area contributed by atoms with Gasteiger partial charge in [-0.1, -0.05) is 78.9 Å². The van der Waals surface area contributed by atoms with E-state index < -0.39 is 0 Å². The predicted octanol–water partition coefficient (Wildman–Crippen LogP) is 6.36. The number of hydrogen-bond donors (Lipinski definition) is 0. The molecular weight excluding hydrogens is 401 g/mol. The highest BCUT2D eigenvalue weighted by Gasteiger charge is 2.47. The highest BCUT2D eigenvalue weighted by Crippen LogP contribution is 2.50. The lowest BCUT2D eigenvalue weighted by molar-refractivity contribution is 0.487. The molecule has 5 aromatic carbocycles. The van der Waals surface area contributed by atoms with Crippen LogP contribution in [0, 0.1) is 0 Å². The molecular formula is C30H18BNO. The molecule has 0 bridgehead atoms. The van der Waals surface area contributed by atoms with Crippen molar-refractivity contribution in [3.63, 3.8) is 0 Å². The lowest BCUT2D eigenvalue weighted by Gasteiger charge is -2.46. The summed E-state index contributed by atoms with van der Waals surface area (Å²) in [6, 6.07) is 39.2. The van der Waals surface area contributed by atoms with Gasteiger partial charge in [-0.25, -0.2) is 0 Å². The minimum atomic E-state index is 0.112. The van der Waals surface area contributed by atoms with Crippen LogP contribution in [-0.4, -0.2) is 6.85 Å². The van der Waals surface area contributed by atoms with Gasteiger partial charge >= 0.3 is 6.85 Å². The summed E-state index contributed by atoms with van der Waals surface area (Å²) in [6.45, 7) is 0.112. The summed E-state index contributed by atoms with van der Waals surface area (Å²) in [5, 5.41) is 0. The van der Waals surface area contributed by atoms with E-state index in [1.54, 1.807) is 0 Å². The molecule has 0 aliphatic carbocycles. The Morgan fingerprint density at radius 2 is 1.12 bits per heavy atom. The summed E-state index contributed by atoms with van der Waals surface area (Å²) in [5.41, 5.74) is 12.6. The smallest absolute Gasteiger partial charge is 0.337 e. The molecule has 0 amide bonds. The summed E-state index contributed by atoms with van der Waals surface area (Å²) >= 11 is 0. The van der Waals surface area contributed by atoms with Gasteiger partial charge in [0.1, 0.15) is 11.5 Å². The Kier molecular flexibility index (Phi) is 3.24. The Morgan fingerprint density at radius 1 is 0.485 bits per heavy atom. The molecule has 0 radical (unpaired) electrons. The molecule has 0 saturated carbocycles. The van der Waals surface area contributed by atoms with E-state index in [-0.39, 0.29) is 6.85 Å². The van der Waals surface area contributed by atoms with Crippen LogP contribution in [0.25, 0.3) is 33.4 Å². The molecule has 3 aliphatic heterocycles. The van der Waals surface area contributed by atoms with Gasteiger partial charge in [0, 0.05) is 33.4 Å². The maximum absolute atomic E-state index is 6.51. The van der Waals surface area contributed by atoms with Gasteiger partial charge in [-0.3, -0.25) is 0 Å². The predicted molar refractivity (Wildman–Crippen MR) is 136 cm³/mol. The van der Waals surface area contributed by atoms with E-state index >= 15 is 0 Å². The molecule has 0 saturated heterocycles. The highest BCUT2D eigenvalue weighted by molar-refractivity contribution is 6.94. The molecule has 3 heteroatoms. The lowest BCUT2D eigenvalue weighted by Crippen LogP contribution is -2.61. The van der Waals surface area contributed by atoms with Crippen molar-refractivity contribution in [1.29, 1.82) is 0 Å². The van der Waals surface area contributed by atoms with Crippen LogP contribution in [0.4, 0.5) is 11.4 Å². The SMILES string of the molecule is c1ccc(-c2ccc3c(c2)-c2cccc4c2B2c5c(cccc5-c5ccccc5N23)O4)cc1. The Bertz CT molecular complexity index is 1610. The second kappa shape index (κ2) is 6.17. The molecule has 33 heavy (non-hydrogen) atoms. The van der Waals surface area contributed by atoms with Gasteiger partial charge in [0.25, 0.3) is 0 Å². The number of nitrogens with zero attached hydrogens (tertiary/aromatic N) is 1. The van der Waals surface area contributed by atoms with Gasteiger partial charge in [-0.05, 0) is 52.6 Å². The molecule has 8 rings (SSSR count). The van der Waals surface area contributed by atoms with E-state index in [4.69, 9.17) is 4.74 Å². The summed E-state index contributed by atoms with van der Waals surface area (Å²) in [5.74, 6) is 1.92. The fourth-order valence-electron chi connectivity index (χ4n) is 5.91. The van der Waals surface area contributed by atoms with Gasteiger partial charge in [0.05, 0.1) is 0 Å². The highest BCUT2D eigenvalue weighted by atomic mass is 16.5. The first kappa shape index (κ1) is 17.3. The average Bonchev–Trinajstić information content (AvgIpc) is 2.89. The molecule has 152 valence electrons. The molecule has 0 aromatic heterocycles. The third kappa shape index (κ3) is 2.19. The number of hydrogen-bond acceptors (Lipinski definition) is 2. The summed E-state index contributed by atoms with van der Waals surface area (Å²) < 4.78 is 6.51. The molecule has 0 fully saturated rings. The first-order chi connectivity index (χ1) is 16.4. The monoisotopic (exact) mass is 419 g/mol. The summed E-state index contributed by atoms with van der Waals surface area (Å²) in [6.07, 6.45) is 0. The zero-order valence-corrected chi connectivity index (χ0v) is 17.8. The quantitative estimate of drug-likeness (QED) is 0.293. The van der Waals surface area contributed by atoms with Crippen LogP contribution >= 0.6 is 0 Å². The van der Waals surface area contributed by atoms with E-state index in [1.165, 1.54) is 55.7 Å². The summed E-state index contributed by atoms with van der Waals surface area (Å²) in [4.78, 5) is 2.53. The Labute approximate surface area is 192 Å². The minimum absolute atomic E-state index is 0.112. The van der Waals surface area contributed by atoms with Crippen LogP contribution in [0.3, 0.4) is 0 Å². The van der Waals surface area contributed by atoms with E-state index in [1.807, 2.05) is 0 Å². The third-order valence-electron chi connectivity index (χ3n) is 7.26. The maximum Gasteiger partial charge on any atom is 0.337 e. The number of benzene rings is 5. The van der Waals surface area contributed by atoms with E-state index in [9.17, 15) is 0 Å². The van der Waals surface area contributed by atoms with Gasteiger partial charge < -0.3 is 9.55 Å². The van der Waals surface area contributed by atoms with Crippen LogP contribution in [0.2, 0.25) is 0 Å². The van der Waals surface area contributed by atoms with Gasteiger partial charge in [-0.2, -0.15) is 0 Å². The molecule has 0 unspecified atom stereocenters. The van der Waals surface area contributed by atoms with Crippen LogP contribution < -0.4 is 20.5 Å². The first-order valence-corrected chi connectivity index (χ1v) is 11.4. The van der Waals surface area contributed by atoms with Crippen LogP contribution in [-0.2, 0) is 0 Å². The molecule has 0 N–H and O–H groups in total. The van der Waals surface area contributed by atoms with Crippen LogP contribution in [0.5, 0.6) is 11.5 Å². The zero-order chi connectivity index (χ0) is 21.5. The Hall–Kier alpha value is -4.24. The number of rotatable bonds is 1. The van der Waals surface area contributed by atoms with Crippen molar-refractivity contribution in [2.75, 3.05) is 4.81 Å². The van der Waals surface area contributed by atoms with Crippen molar-refractivity contribution in [1.82, 2.24) is 0 Å². The molecule has 0 atom stereocenters. The molecule has 0 spiro atoms. The van der Waals surface area contributed by atoms with Crippen molar-refractivity contribution in [3.8, 4) is 44.9 Å². The van der Waals surface area contributed by atoms with Gasteiger partial charge in [0.2, 0.25) is 0 Å². The lowest BCUT2D eigenvalue weighted by atomic mass is 9.42. The maximum atomic E-state index is 6.51. The Balaban J connectivity index is 1.48. The number of fused-ring (bicyclic) bond motifs is 6. The third-order valence-corrected chi connectivity index (χ3v) is 7.26. The van der Waals surface area contributed by atoms with Crippen LogP contribution in [0.1, 0.15) is 0 Å². The molecule has 3 heterocycles. The number of anilines is 2. The molecule has 5 aromatic rings. The standard InChI is InChI=1S/C30H18BNO/c1-2-8-19(9-3-1)20-16-17-26-24(18-20)23-12-7-15-28-30(23)31-29-22(11-6-14-27(29)33-28)21-10-4-5-13-25(21)32(26)31/h1-18H. The fourth-order valence-corrected chi connectivity index (χ4v) is 5.91. The van der Waals surface area contributed by atoms with Crippen molar-refractivity contribution in [2.45, 2.75) is 0 Å². The van der Waals surface area contributed by atoms with Crippen molar-refractivity contribution >= 4 is 29.1 Å². The second-order valence-corrected chi connectivity index (χ2v) is 8.92. The average molecular weight is 419 g/mol. The van der Waals surface area contributed by atoms with E-state index in [0.717, 1.165) is 11.5 Å². The number of ether oxygens (including phenoxy) is 1. The van der Waals surface area contributed by atoms with E-state index in [0.29, 0.717) is 0 Å². The zero-order valence-electron chi connectivity index (χ0n) is 17.8. The first-order valence-electron chi connectivity index (χ1n) is 11.4. The van der Waals surface area contributed by atoms with E-state index in [2.05, 4.69) is 114 Å². The van der Waals surface area contributed by atoms with Crippen molar-refractivity contribution in [3.05, 3.63) is 109 Å². The largest absolute Gasteiger partial charge is 0.458 e. The van der Waals surface area contributed by atoms with Crippen molar-refractivity contribution in [2.24, 2.45) is 0 Å². The molecule has 3 aliphatic rings. The fraction of sp³-hybridized carbons (Fsp3) is 0. The van der Waals surface area contributed by atoms with Gasteiger partial charge in [0.15, 0.2) is 0 Å².